The van der Waals surface area contributed by atoms with E-state index < -0.39 is 26.1 Å². The number of fused-ring (bicyclic) bond motifs is 1. The van der Waals surface area contributed by atoms with Crippen LogP contribution in [0, 0.1) is 18.8 Å². The Morgan fingerprint density at radius 2 is 2.09 bits per heavy atom. The number of aryl methyl sites for hydroxylation is 2. The maximum Gasteiger partial charge on any atom is 0.256 e. The summed E-state index contributed by atoms with van der Waals surface area (Å²) < 4.78 is 52.7. The van der Waals surface area contributed by atoms with E-state index in [1.54, 1.807) is 24.9 Å². The lowest BCUT2D eigenvalue weighted by Gasteiger charge is -2.41. The number of nitrogens with zero attached hydrogens (tertiary/aromatic N) is 4. The topological polar surface area (TPSA) is 67.7 Å². The van der Waals surface area contributed by atoms with Crippen molar-refractivity contribution >= 4 is 28.4 Å². The summed E-state index contributed by atoms with van der Waals surface area (Å²) in [5.74, 6) is 5.42. The third kappa shape index (κ3) is 4.54. The zero-order valence-electron chi connectivity index (χ0n) is 24.7. The second-order valence-electron chi connectivity index (χ2n) is 7.87. The SMILES string of the molecule is [2H]C([2H])([2H])N(CC#Cc1c(C)nc(Cl)c2cc(C3(OCC)CCN(C(C)=O)CC3)c(=O)n(C)c12)C([2H])([2H])[2H]. The molecule has 3 rings (SSSR count). The summed E-state index contributed by atoms with van der Waals surface area (Å²) in [6, 6.07) is 1.66. The summed E-state index contributed by atoms with van der Waals surface area (Å²) in [7, 11) is 1.58. The van der Waals surface area contributed by atoms with Crippen molar-refractivity contribution in [3.63, 3.8) is 0 Å². The number of hydrogen-bond acceptors (Lipinski definition) is 5. The van der Waals surface area contributed by atoms with Crippen LogP contribution >= 0.6 is 11.6 Å². The molecule has 172 valence electrons. The third-order valence-electron chi connectivity index (χ3n) is 5.88. The molecule has 1 aliphatic heterocycles. The summed E-state index contributed by atoms with van der Waals surface area (Å²) in [5.41, 5.74) is 0.304. The normalized spacial score (nSPS) is 19.2. The number of carbonyl (C=O) groups excluding carboxylic acids is 1. The van der Waals surface area contributed by atoms with Crippen molar-refractivity contribution < 1.29 is 17.8 Å². The molecule has 0 saturated carbocycles. The number of pyridine rings is 2. The summed E-state index contributed by atoms with van der Waals surface area (Å²) in [4.78, 5) is 32.0. The molecular weight excluding hydrogens is 428 g/mol. The zero-order chi connectivity index (χ0) is 28.6. The maximum absolute atomic E-state index is 13.7. The first-order valence-electron chi connectivity index (χ1n) is 13.4. The molecule has 32 heavy (non-hydrogen) atoms. The van der Waals surface area contributed by atoms with Crippen LogP contribution in [-0.2, 0) is 22.2 Å². The Morgan fingerprint density at radius 1 is 1.41 bits per heavy atom. The van der Waals surface area contributed by atoms with Gasteiger partial charge in [0.2, 0.25) is 5.91 Å². The molecule has 1 saturated heterocycles. The molecule has 0 N–H and O–H groups in total. The molecule has 7 nitrogen and oxygen atoms in total. The van der Waals surface area contributed by atoms with Gasteiger partial charge in [-0.05, 0) is 46.7 Å². The van der Waals surface area contributed by atoms with E-state index in [-0.39, 0.29) is 16.6 Å². The highest BCUT2D eigenvalue weighted by molar-refractivity contribution is 6.34. The molecular formula is C24H31ClN4O3. The molecule has 0 bridgehead atoms. The molecule has 0 radical (unpaired) electrons. The van der Waals surface area contributed by atoms with Crippen molar-refractivity contribution in [3.05, 3.63) is 38.4 Å². The Kier molecular flexibility index (Phi) is 5.15. The van der Waals surface area contributed by atoms with Gasteiger partial charge in [0, 0.05) is 47.3 Å². The number of likely N-dealkylation sites (tertiary alicyclic amines) is 1. The number of carbonyl (C=O) groups is 1. The van der Waals surface area contributed by atoms with Gasteiger partial charge in [-0.1, -0.05) is 23.4 Å². The van der Waals surface area contributed by atoms with Crippen molar-refractivity contribution in [2.24, 2.45) is 7.05 Å². The van der Waals surface area contributed by atoms with E-state index in [4.69, 9.17) is 24.6 Å². The Balaban J connectivity index is 2.17. The number of aromatic nitrogens is 2. The molecule has 3 heterocycles. The molecule has 0 aliphatic carbocycles. The van der Waals surface area contributed by atoms with Gasteiger partial charge in [0.1, 0.15) is 10.8 Å². The first-order valence-corrected chi connectivity index (χ1v) is 10.8. The zero-order valence-corrected chi connectivity index (χ0v) is 19.5. The summed E-state index contributed by atoms with van der Waals surface area (Å²) in [6.45, 7) is -0.0484. The van der Waals surface area contributed by atoms with Gasteiger partial charge in [0.15, 0.2) is 0 Å². The predicted octanol–water partition coefficient (Wildman–Crippen LogP) is 2.68. The minimum atomic E-state index is -2.87. The van der Waals surface area contributed by atoms with Gasteiger partial charge in [0.25, 0.3) is 5.56 Å². The van der Waals surface area contributed by atoms with Crippen LogP contribution in [-0.4, -0.2) is 65.5 Å². The highest BCUT2D eigenvalue weighted by Crippen LogP contribution is 2.37. The van der Waals surface area contributed by atoms with Gasteiger partial charge in [-0.25, -0.2) is 4.98 Å². The molecule has 1 aliphatic rings. The number of piperidine rings is 1. The van der Waals surface area contributed by atoms with Gasteiger partial charge in [0.05, 0.1) is 28.9 Å². The number of halogens is 1. The maximum atomic E-state index is 13.7. The molecule has 2 aromatic rings. The lowest BCUT2D eigenvalue weighted by Crippen LogP contribution is -2.48. The van der Waals surface area contributed by atoms with Crippen molar-refractivity contribution in [2.45, 2.75) is 39.2 Å². The fourth-order valence-electron chi connectivity index (χ4n) is 4.27. The number of rotatable bonds is 4. The molecule has 0 spiro atoms. The van der Waals surface area contributed by atoms with Crippen LogP contribution in [0.4, 0.5) is 0 Å². The number of amides is 1. The molecule has 0 unspecified atom stereocenters. The fraction of sp³-hybridized carbons (Fsp3) is 0.542. The highest BCUT2D eigenvalue weighted by atomic mass is 35.5. The van der Waals surface area contributed by atoms with E-state index in [1.165, 1.54) is 11.5 Å². The summed E-state index contributed by atoms with van der Waals surface area (Å²) in [6.07, 6.45) is 0.871. The summed E-state index contributed by atoms with van der Waals surface area (Å²) in [5, 5.41) is 0.606. The second-order valence-corrected chi connectivity index (χ2v) is 8.23. The van der Waals surface area contributed by atoms with Crippen LogP contribution in [0.25, 0.3) is 10.9 Å². The second kappa shape index (κ2) is 9.62. The van der Waals surface area contributed by atoms with Gasteiger partial charge in [-0.3, -0.25) is 14.5 Å². The molecule has 1 fully saturated rings. The lowest BCUT2D eigenvalue weighted by atomic mass is 9.84. The highest BCUT2D eigenvalue weighted by Gasteiger charge is 2.40. The van der Waals surface area contributed by atoms with Gasteiger partial charge in [-0.15, -0.1) is 0 Å². The molecule has 1 amide bonds. The Bertz CT molecular complexity index is 1340. The van der Waals surface area contributed by atoms with Crippen molar-refractivity contribution in [3.8, 4) is 11.8 Å². The molecule has 8 heteroatoms. The Morgan fingerprint density at radius 3 is 2.69 bits per heavy atom. The van der Waals surface area contributed by atoms with Crippen LogP contribution in [0.15, 0.2) is 10.9 Å². The minimum absolute atomic E-state index is 0.0389. The van der Waals surface area contributed by atoms with Gasteiger partial charge in [-0.2, -0.15) is 0 Å². The van der Waals surface area contributed by atoms with Crippen LogP contribution in [0.3, 0.4) is 0 Å². The Labute approximate surface area is 202 Å². The minimum Gasteiger partial charge on any atom is -0.370 e. The lowest BCUT2D eigenvalue weighted by molar-refractivity contribution is -0.136. The van der Waals surface area contributed by atoms with Crippen LogP contribution < -0.4 is 5.56 Å². The van der Waals surface area contributed by atoms with E-state index in [2.05, 4.69) is 16.8 Å². The molecule has 0 atom stereocenters. The Hall–Kier alpha value is -2.40. The fourth-order valence-corrected chi connectivity index (χ4v) is 4.54. The average molecular weight is 465 g/mol. The quantitative estimate of drug-likeness (QED) is 0.514. The first-order chi connectivity index (χ1) is 17.5. The first kappa shape index (κ1) is 17.1. The molecule has 2 aromatic heterocycles. The predicted molar refractivity (Wildman–Crippen MR) is 127 cm³/mol. The van der Waals surface area contributed by atoms with E-state index in [0.717, 1.165) is 0 Å². The van der Waals surface area contributed by atoms with Crippen LogP contribution in [0.1, 0.15) is 51.7 Å². The van der Waals surface area contributed by atoms with E-state index >= 15 is 0 Å². The van der Waals surface area contributed by atoms with Crippen molar-refractivity contribution in [1.82, 2.24) is 19.4 Å². The smallest absolute Gasteiger partial charge is 0.256 e. The van der Waals surface area contributed by atoms with Crippen molar-refractivity contribution in [2.75, 3.05) is 40.2 Å². The van der Waals surface area contributed by atoms with Crippen LogP contribution in [0.2, 0.25) is 5.15 Å². The van der Waals surface area contributed by atoms with E-state index in [9.17, 15) is 9.59 Å². The number of ether oxygens (including phenoxy) is 1. The van der Waals surface area contributed by atoms with Gasteiger partial charge < -0.3 is 14.2 Å². The number of hydrogen-bond donors (Lipinski definition) is 0. The molecule has 0 aromatic carbocycles. The standard InChI is InChI=1S/C24H31ClN4O3/c1-7-32-24(10-13-29(14-11-24)17(3)30)20-15-19-21(28(6)23(20)31)18(9-8-12-27(4)5)16(2)26-22(19)25/h15H,7,10-14H2,1-6H3/i4D3,5D3. The van der Waals surface area contributed by atoms with Crippen molar-refractivity contribution in [1.29, 1.82) is 0 Å². The van der Waals surface area contributed by atoms with Gasteiger partial charge >= 0.3 is 0 Å². The van der Waals surface area contributed by atoms with E-state index in [0.29, 0.717) is 65.2 Å². The van der Waals surface area contributed by atoms with Crippen LogP contribution in [0.5, 0.6) is 0 Å². The summed E-state index contributed by atoms with van der Waals surface area (Å²) >= 11 is 6.54. The third-order valence-corrected chi connectivity index (χ3v) is 6.17. The largest absolute Gasteiger partial charge is 0.370 e. The monoisotopic (exact) mass is 464 g/mol. The average Bonchev–Trinajstić information content (AvgIpc) is 2.79. The van der Waals surface area contributed by atoms with E-state index in [1.807, 2.05) is 6.92 Å².